The summed E-state index contributed by atoms with van der Waals surface area (Å²) in [5, 5.41) is 0. The van der Waals surface area contributed by atoms with Crippen molar-refractivity contribution in [1.29, 1.82) is 0 Å². The molecule has 2 aromatic rings. The second-order valence-electron chi connectivity index (χ2n) is 7.97. The first-order valence-corrected chi connectivity index (χ1v) is 10.4. The predicted octanol–water partition coefficient (Wildman–Crippen LogP) is 3.23. The normalized spacial score (nSPS) is 18.8. The summed E-state index contributed by atoms with van der Waals surface area (Å²) in [6.07, 6.45) is 1.85. The highest BCUT2D eigenvalue weighted by Crippen LogP contribution is 2.30. The molecule has 0 saturated carbocycles. The van der Waals surface area contributed by atoms with Crippen molar-refractivity contribution in [3.63, 3.8) is 0 Å². The Hall–Kier alpha value is -2.31. The van der Waals surface area contributed by atoms with Gasteiger partial charge in [-0.2, -0.15) is 0 Å². The maximum absolute atomic E-state index is 13.2. The summed E-state index contributed by atoms with van der Waals surface area (Å²) in [6.45, 7) is 7.13. The van der Waals surface area contributed by atoms with Crippen LogP contribution in [0.5, 0.6) is 0 Å². The van der Waals surface area contributed by atoms with E-state index in [0.717, 1.165) is 61.5 Å². The molecule has 3 heterocycles. The van der Waals surface area contributed by atoms with Crippen LogP contribution in [0.1, 0.15) is 30.1 Å². The summed E-state index contributed by atoms with van der Waals surface area (Å²) in [7, 11) is 0. The Balaban J connectivity index is 1.39. The fraction of sp³-hybridized carbons (Fsp3) is 0.478. The fourth-order valence-corrected chi connectivity index (χ4v) is 4.19. The van der Waals surface area contributed by atoms with Crippen LogP contribution < -0.4 is 0 Å². The van der Waals surface area contributed by atoms with Crippen LogP contribution in [0.2, 0.25) is 0 Å². The van der Waals surface area contributed by atoms with Gasteiger partial charge in [0.25, 0.3) is 0 Å². The third-order valence-electron chi connectivity index (χ3n) is 5.88. The van der Waals surface area contributed by atoms with E-state index >= 15 is 0 Å². The van der Waals surface area contributed by atoms with Gasteiger partial charge in [-0.15, -0.1) is 0 Å². The van der Waals surface area contributed by atoms with Gasteiger partial charge < -0.3 is 9.64 Å². The number of halogens is 1. The monoisotopic (exact) mass is 397 g/mol. The first-order valence-electron chi connectivity index (χ1n) is 10.4. The third kappa shape index (κ3) is 5.00. The zero-order valence-electron chi connectivity index (χ0n) is 16.9. The number of hydrogen-bond acceptors (Lipinski definition) is 4. The predicted molar refractivity (Wildman–Crippen MR) is 110 cm³/mol. The van der Waals surface area contributed by atoms with Crippen LogP contribution in [0.3, 0.4) is 0 Å². The smallest absolute Gasteiger partial charge is 0.236 e. The number of rotatable bonds is 4. The van der Waals surface area contributed by atoms with E-state index in [1.807, 2.05) is 17.9 Å². The number of nitrogens with zero attached hydrogens (tertiary/aromatic N) is 3. The van der Waals surface area contributed by atoms with Crippen molar-refractivity contribution in [2.24, 2.45) is 0 Å². The molecule has 0 aliphatic carbocycles. The minimum Gasteiger partial charge on any atom is -0.379 e. The summed E-state index contributed by atoms with van der Waals surface area (Å²) in [4.78, 5) is 21.6. The quantitative estimate of drug-likeness (QED) is 0.795. The molecule has 2 aliphatic heterocycles. The first kappa shape index (κ1) is 20.0. The molecule has 1 amide bonds. The second-order valence-corrected chi connectivity index (χ2v) is 7.97. The Morgan fingerprint density at radius 2 is 1.76 bits per heavy atom. The van der Waals surface area contributed by atoms with Crippen molar-refractivity contribution in [3.8, 4) is 11.1 Å². The molecule has 4 rings (SSSR count). The minimum atomic E-state index is -0.228. The number of hydrogen-bond donors (Lipinski definition) is 0. The number of ether oxygens (including phenoxy) is 1. The van der Waals surface area contributed by atoms with Gasteiger partial charge in [-0.25, -0.2) is 4.39 Å². The molecule has 0 unspecified atom stereocenters. The van der Waals surface area contributed by atoms with E-state index < -0.39 is 0 Å². The number of amides is 1. The molecule has 2 aliphatic rings. The number of benzene rings is 1. The number of aromatic nitrogens is 1. The Morgan fingerprint density at radius 3 is 2.45 bits per heavy atom. The summed E-state index contributed by atoms with van der Waals surface area (Å²) < 4.78 is 18.6. The van der Waals surface area contributed by atoms with E-state index in [0.29, 0.717) is 25.7 Å². The van der Waals surface area contributed by atoms with Gasteiger partial charge in [0.15, 0.2) is 0 Å². The largest absolute Gasteiger partial charge is 0.379 e. The van der Waals surface area contributed by atoms with Crippen LogP contribution in [-0.2, 0) is 9.53 Å². The Bertz CT molecular complexity index is 842. The lowest BCUT2D eigenvalue weighted by Crippen LogP contribution is -2.46. The summed E-state index contributed by atoms with van der Waals surface area (Å²) in [5.74, 6) is 0.338. The van der Waals surface area contributed by atoms with Gasteiger partial charge in [-0.1, -0.05) is 12.1 Å². The molecule has 29 heavy (non-hydrogen) atoms. The topological polar surface area (TPSA) is 45.7 Å². The van der Waals surface area contributed by atoms with E-state index in [4.69, 9.17) is 9.72 Å². The fourth-order valence-electron chi connectivity index (χ4n) is 4.19. The third-order valence-corrected chi connectivity index (χ3v) is 5.88. The summed E-state index contributed by atoms with van der Waals surface area (Å²) in [6, 6.07) is 10.8. The molecular weight excluding hydrogens is 369 g/mol. The van der Waals surface area contributed by atoms with Crippen LogP contribution in [0.4, 0.5) is 4.39 Å². The van der Waals surface area contributed by atoms with E-state index in [1.165, 1.54) is 12.1 Å². The summed E-state index contributed by atoms with van der Waals surface area (Å²) in [5.41, 5.74) is 4.10. The maximum atomic E-state index is 13.2. The molecule has 0 bridgehead atoms. The molecule has 0 N–H and O–H groups in total. The lowest BCUT2D eigenvalue weighted by Gasteiger charge is -2.34. The standard InChI is InChI=1S/C23H28FN3O2/c1-17-14-20(18-2-4-21(24)5-3-18)15-22(25-17)19-6-8-27(9-7-19)23(28)16-26-10-12-29-13-11-26/h2-5,14-15,19H,6-13,16H2,1H3. The van der Waals surface area contributed by atoms with Gasteiger partial charge >= 0.3 is 0 Å². The van der Waals surface area contributed by atoms with Crippen LogP contribution in [0.25, 0.3) is 11.1 Å². The number of carbonyl (C=O) groups excluding carboxylic acids is 1. The number of piperidine rings is 1. The average Bonchev–Trinajstić information content (AvgIpc) is 2.74. The van der Waals surface area contributed by atoms with Gasteiger partial charge in [-0.05, 0) is 55.2 Å². The van der Waals surface area contributed by atoms with E-state index in [-0.39, 0.29) is 11.7 Å². The van der Waals surface area contributed by atoms with Gasteiger partial charge in [0, 0.05) is 43.5 Å². The molecule has 1 aromatic carbocycles. The van der Waals surface area contributed by atoms with Crippen molar-refractivity contribution < 1.29 is 13.9 Å². The Labute approximate surface area is 171 Å². The molecule has 2 fully saturated rings. The van der Waals surface area contributed by atoms with Gasteiger partial charge in [0.2, 0.25) is 5.91 Å². The molecule has 6 heteroatoms. The molecule has 5 nitrogen and oxygen atoms in total. The molecule has 154 valence electrons. The van der Waals surface area contributed by atoms with Gasteiger partial charge in [-0.3, -0.25) is 14.7 Å². The van der Waals surface area contributed by atoms with Gasteiger partial charge in [0.05, 0.1) is 19.8 Å². The average molecular weight is 397 g/mol. The number of aryl methyl sites for hydroxylation is 1. The Kier molecular flexibility index (Phi) is 6.21. The molecule has 2 saturated heterocycles. The van der Waals surface area contributed by atoms with E-state index in [9.17, 15) is 9.18 Å². The number of pyridine rings is 1. The first-order chi connectivity index (χ1) is 14.1. The molecule has 0 spiro atoms. The number of carbonyl (C=O) groups is 1. The molecule has 1 aromatic heterocycles. The SMILES string of the molecule is Cc1cc(-c2ccc(F)cc2)cc(C2CCN(C(=O)CN3CCOCC3)CC2)n1. The van der Waals surface area contributed by atoms with Crippen LogP contribution in [0.15, 0.2) is 36.4 Å². The zero-order valence-corrected chi connectivity index (χ0v) is 16.9. The highest BCUT2D eigenvalue weighted by molar-refractivity contribution is 5.78. The minimum absolute atomic E-state index is 0.217. The van der Waals surface area contributed by atoms with Crippen molar-refractivity contribution in [2.75, 3.05) is 45.9 Å². The molecular formula is C23H28FN3O2. The number of morpholine rings is 1. The second kappa shape index (κ2) is 9.01. The highest BCUT2D eigenvalue weighted by atomic mass is 19.1. The van der Waals surface area contributed by atoms with Crippen molar-refractivity contribution in [3.05, 3.63) is 53.6 Å². The maximum Gasteiger partial charge on any atom is 0.236 e. The van der Waals surface area contributed by atoms with Crippen molar-refractivity contribution in [1.82, 2.24) is 14.8 Å². The van der Waals surface area contributed by atoms with Gasteiger partial charge in [0.1, 0.15) is 5.82 Å². The van der Waals surface area contributed by atoms with Crippen LogP contribution >= 0.6 is 0 Å². The lowest BCUT2D eigenvalue weighted by molar-refractivity contribution is -0.134. The highest BCUT2D eigenvalue weighted by Gasteiger charge is 2.26. The zero-order chi connectivity index (χ0) is 20.2. The van der Waals surface area contributed by atoms with E-state index in [1.54, 1.807) is 12.1 Å². The lowest BCUT2D eigenvalue weighted by atomic mass is 9.91. The van der Waals surface area contributed by atoms with Crippen molar-refractivity contribution >= 4 is 5.91 Å². The summed E-state index contributed by atoms with van der Waals surface area (Å²) >= 11 is 0. The number of likely N-dealkylation sites (tertiary alicyclic amines) is 1. The van der Waals surface area contributed by atoms with E-state index in [2.05, 4.69) is 11.0 Å². The van der Waals surface area contributed by atoms with Crippen molar-refractivity contribution in [2.45, 2.75) is 25.7 Å². The molecule has 0 radical (unpaired) electrons. The molecule has 0 atom stereocenters. The van der Waals surface area contributed by atoms with Crippen LogP contribution in [0, 0.1) is 12.7 Å². The van der Waals surface area contributed by atoms with Crippen LogP contribution in [-0.4, -0.2) is 66.6 Å². The Morgan fingerprint density at radius 1 is 1.07 bits per heavy atom.